The van der Waals surface area contributed by atoms with Crippen LogP contribution in [0.3, 0.4) is 0 Å². The average molecular weight is 275 g/mol. The summed E-state index contributed by atoms with van der Waals surface area (Å²) in [5.41, 5.74) is 2.73. The van der Waals surface area contributed by atoms with Crippen LogP contribution in [0, 0.1) is 11.8 Å². The van der Waals surface area contributed by atoms with Crippen LogP contribution in [0.1, 0.15) is 65.9 Å². The molecular weight excluding hydrogens is 242 g/mol. The lowest BCUT2D eigenvalue weighted by Crippen LogP contribution is -2.23. The zero-order chi connectivity index (χ0) is 15.0. The van der Waals surface area contributed by atoms with Gasteiger partial charge in [-0.3, -0.25) is 0 Å². The van der Waals surface area contributed by atoms with Gasteiger partial charge in [-0.15, -0.1) is 0 Å². The zero-order valence-electron chi connectivity index (χ0n) is 14.1. The van der Waals surface area contributed by atoms with Crippen molar-refractivity contribution in [3.05, 3.63) is 29.8 Å². The number of hydrogen-bond donors (Lipinski definition) is 1. The van der Waals surface area contributed by atoms with E-state index in [4.69, 9.17) is 0 Å². The minimum absolute atomic E-state index is 0.594. The normalized spacial score (nSPS) is 11.6. The van der Waals surface area contributed by atoms with Crippen molar-refractivity contribution in [2.24, 2.45) is 11.8 Å². The van der Waals surface area contributed by atoms with Crippen molar-refractivity contribution in [1.82, 2.24) is 0 Å². The smallest absolute Gasteiger partial charge is 0.0342 e. The van der Waals surface area contributed by atoms with Gasteiger partial charge in [0.2, 0.25) is 0 Å². The summed E-state index contributed by atoms with van der Waals surface area (Å²) < 4.78 is 0. The first kappa shape index (κ1) is 17.1. The van der Waals surface area contributed by atoms with Crippen molar-refractivity contribution >= 4 is 5.69 Å². The van der Waals surface area contributed by atoms with Gasteiger partial charge in [0, 0.05) is 11.7 Å². The third kappa shape index (κ3) is 6.98. The summed E-state index contributed by atoms with van der Waals surface area (Å²) in [4.78, 5) is 0. The van der Waals surface area contributed by atoms with Crippen molar-refractivity contribution in [2.75, 3.05) is 5.32 Å². The van der Waals surface area contributed by atoms with Gasteiger partial charge in [0.1, 0.15) is 0 Å². The molecule has 0 saturated carbocycles. The molecule has 0 amide bonds. The number of nitrogens with one attached hydrogen (secondary N) is 1. The van der Waals surface area contributed by atoms with Crippen LogP contribution in [0.4, 0.5) is 5.69 Å². The fraction of sp³-hybridized carbons (Fsp3) is 0.684. The van der Waals surface area contributed by atoms with E-state index in [0.717, 1.165) is 11.8 Å². The number of rotatable bonds is 9. The molecule has 0 spiro atoms. The Morgan fingerprint density at radius 3 is 1.90 bits per heavy atom. The van der Waals surface area contributed by atoms with Crippen molar-refractivity contribution < 1.29 is 0 Å². The molecule has 1 aromatic carbocycles. The highest BCUT2D eigenvalue weighted by Crippen LogP contribution is 2.19. The average Bonchev–Trinajstić information content (AvgIpc) is 2.36. The van der Waals surface area contributed by atoms with Gasteiger partial charge in [0.25, 0.3) is 0 Å². The van der Waals surface area contributed by atoms with Crippen molar-refractivity contribution in [3.8, 4) is 0 Å². The SMILES string of the molecule is CCCCc1ccc(NC(CC(C)C)CC(C)C)cc1. The maximum atomic E-state index is 3.72. The summed E-state index contributed by atoms with van der Waals surface area (Å²) in [5.74, 6) is 1.49. The minimum atomic E-state index is 0.594. The molecule has 0 bridgehead atoms. The van der Waals surface area contributed by atoms with Gasteiger partial charge >= 0.3 is 0 Å². The molecule has 1 rings (SSSR count). The van der Waals surface area contributed by atoms with E-state index < -0.39 is 0 Å². The summed E-state index contributed by atoms with van der Waals surface area (Å²) in [6.45, 7) is 11.5. The largest absolute Gasteiger partial charge is 0.382 e. The maximum Gasteiger partial charge on any atom is 0.0342 e. The van der Waals surface area contributed by atoms with Crippen LogP contribution in [0.25, 0.3) is 0 Å². The third-order valence-electron chi connectivity index (χ3n) is 3.66. The molecule has 1 N–H and O–H groups in total. The van der Waals surface area contributed by atoms with E-state index in [-0.39, 0.29) is 0 Å². The number of anilines is 1. The van der Waals surface area contributed by atoms with E-state index in [1.807, 2.05) is 0 Å². The molecule has 0 unspecified atom stereocenters. The summed E-state index contributed by atoms with van der Waals surface area (Å²) >= 11 is 0. The second kappa shape index (κ2) is 9.05. The van der Waals surface area contributed by atoms with Gasteiger partial charge < -0.3 is 5.32 Å². The van der Waals surface area contributed by atoms with Gasteiger partial charge in [-0.25, -0.2) is 0 Å². The summed E-state index contributed by atoms with van der Waals surface area (Å²) in [7, 11) is 0. The predicted octanol–water partition coefficient (Wildman–Crippen LogP) is 5.90. The molecule has 1 nitrogen and oxygen atoms in total. The molecule has 0 aliphatic rings. The first-order chi connectivity index (χ1) is 9.51. The summed E-state index contributed by atoms with van der Waals surface area (Å²) in [6, 6.07) is 9.65. The molecule has 20 heavy (non-hydrogen) atoms. The molecule has 0 fully saturated rings. The Morgan fingerprint density at radius 1 is 0.900 bits per heavy atom. The highest BCUT2D eigenvalue weighted by Gasteiger charge is 2.12. The fourth-order valence-electron chi connectivity index (χ4n) is 2.74. The molecule has 0 aromatic heterocycles. The van der Waals surface area contributed by atoms with Crippen LogP contribution in [0.5, 0.6) is 0 Å². The Labute approximate surface area is 126 Å². The molecule has 0 aliphatic heterocycles. The zero-order valence-corrected chi connectivity index (χ0v) is 14.1. The second-order valence-electron chi connectivity index (χ2n) is 6.90. The Balaban J connectivity index is 2.58. The lowest BCUT2D eigenvalue weighted by atomic mass is 9.95. The Hall–Kier alpha value is -0.980. The Bertz CT molecular complexity index is 341. The third-order valence-corrected chi connectivity index (χ3v) is 3.66. The molecule has 0 saturated heterocycles. The van der Waals surface area contributed by atoms with Crippen LogP contribution < -0.4 is 5.32 Å². The fourth-order valence-corrected chi connectivity index (χ4v) is 2.74. The topological polar surface area (TPSA) is 12.0 Å². The number of hydrogen-bond acceptors (Lipinski definition) is 1. The molecule has 0 aliphatic carbocycles. The lowest BCUT2D eigenvalue weighted by molar-refractivity contribution is 0.442. The van der Waals surface area contributed by atoms with Crippen LogP contribution in [-0.4, -0.2) is 6.04 Å². The molecule has 0 heterocycles. The van der Waals surface area contributed by atoms with Crippen molar-refractivity contribution in [3.63, 3.8) is 0 Å². The number of unbranched alkanes of at least 4 members (excludes halogenated alkanes) is 1. The number of aryl methyl sites for hydroxylation is 1. The first-order valence-corrected chi connectivity index (χ1v) is 8.36. The highest BCUT2D eigenvalue weighted by molar-refractivity contribution is 5.45. The van der Waals surface area contributed by atoms with Crippen molar-refractivity contribution in [1.29, 1.82) is 0 Å². The summed E-state index contributed by atoms with van der Waals surface area (Å²) in [6.07, 6.45) is 6.25. The predicted molar refractivity (Wildman–Crippen MR) is 91.4 cm³/mol. The Morgan fingerprint density at radius 2 is 1.45 bits per heavy atom. The molecular formula is C19H33N. The van der Waals surface area contributed by atoms with Gasteiger partial charge in [0.05, 0.1) is 0 Å². The van der Waals surface area contributed by atoms with E-state index in [9.17, 15) is 0 Å². The van der Waals surface area contributed by atoms with Gasteiger partial charge in [-0.05, 0) is 55.2 Å². The highest BCUT2D eigenvalue weighted by atomic mass is 14.9. The standard InChI is InChI=1S/C19H33N/c1-6-7-8-17-9-11-18(12-10-17)20-19(13-15(2)3)14-16(4)5/h9-12,15-16,19-20H,6-8,13-14H2,1-5H3. The van der Waals surface area contributed by atoms with E-state index in [2.05, 4.69) is 64.2 Å². The Kier molecular flexibility index (Phi) is 7.72. The summed E-state index contributed by atoms with van der Waals surface area (Å²) in [5, 5.41) is 3.72. The van der Waals surface area contributed by atoms with Crippen molar-refractivity contribution in [2.45, 2.75) is 72.8 Å². The molecule has 0 atom stereocenters. The van der Waals surface area contributed by atoms with E-state index in [0.29, 0.717) is 6.04 Å². The van der Waals surface area contributed by atoms with Crippen LogP contribution in [-0.2, 0) is 6.42 Å². The number of benzene rings is 1. The van der Waals surface area contributed by atoms with Gasteiger partial charge in [0.15, 0.2) is 0 Å². The molecule has 1 heteroatoms. The van der Waals surface area contributed by atoms with E-state index in [1.54, 1.807) is 0 Å². The van der Waals surface area contributed by atoms with Gasteiger partial charge in [-0.1, -0.05) is 53.2 Å². The maximum absolute atomic E-state index is 3.72. The molecule has 114 valence electrons. The van der Waals surface area contributed by atoms with Crippen LogP contribution in [0.15, 0.2) is 24.3 Å². The molecule has 0 radical (unpaired) electrons. The molecule has 1 aromatic rings. The van der Waals surface area contributed by atoms with Crippen LogP contribution >= 0.6 is 0 Å². The van der Waals surface area contributed by atoms with E-state index in [1.165, 1.54) is 43.4 Å². The van der Waals surface area contributed by atoms with Gasteiger partial charge in [-0.2, -0.15) is 0 Å². The monoisotopic (exact) mass is 275 g/mol. The lowest BCUT2D eigenvalue weighted by Gasteiger charge is -2.23. The van der Waals surface area contributed by atoms with Crippen LogP contribution in [0.2, 0.25) is 0 Å². The quantitative estimate of drug-likeness (QED) is 0.591. The minimum Gasteiger partial charge on any atom is -0.382 e. The van der Waals surface area contributed by atoms with E-state index >= 15 is 0 Å². The second-order valence-corrected chi connectivity index (χ2v) is 6.90. The first-order valence-electron chi connectivity index (χ1n) is 8.36.